The second kappa shape index (κ2) is 6.26. The minimum Gasteiger partial charge on any atom is -0.325 e. The van der Waals surface area contributed by atoms with Crippen molar-refractivity contribution >= 4 is 23.2 Å². The van der Waals surface area contributed by atoms with E-state index in [2.05, 4.69) is 10.4 Å². The van der Waals surface area contributed by atoms with Crippen LogP contribution in [0.15, 0.2) is 24.3 Å². The first kappa shape index (κ1) is 15.5. The van der Waals surface area contributed by atoms with Crippen LogP contribution in [0.3, 0.4) is 0 Å². The maximum absolute atomic E-state index is 13.0. The third-order valence-electron chi connectivity index (χ3n) is 3.15. The molecule has 112 valence electrons. The summed E-state index contributed by atoms with van der Waals surface area (Å²) in [5, 5.41) is 7.23. The Morgan fingerprint density at radius 2 is 2.14 bits per heavy atom. The van der Waals surface area contributed by atoms with Gasteiger partial charge in [-0.25, -0.2) is 4.39 Å². The number of hydrogen-bond donors (Lipinski definition) is 1. The van der Waals surface area contributed by atoms with E-state index in [0.29, 0.717) is 5.69 Å². The van der Waals surface area contributed by atoms with E-state index in [9.17, 15) is 9.18 Å². The minimum absolute atomic E-state index is 0.0714. The number of carbonyl (C=O) groups is 1. The van der Waals surface area contributed by atoms with Gasteiger partial charge < -0.3 is 5.32 Å². The number of amides is 1. The van der Waals surface area contributed by atoms with Crippen molar-refractivity contribution in [3.05, 3.63) is 46.5 Å². The van der Waals surface area contributed by atoms with Gasteiger partial charge in [0.25, 0.3) is 0 Å². The normalized spacial score (nSPS) is 12.2. The fourth-order valence-corrected chi connectivity index (χ4v) is 2.45. The number of halogens is 2. The second-order valence-corrected chi connectivity index (χ2v) is 5.50. The Morgan fingerprint density at radius 3 is 2.71 bits per heavy atom. The van der Waals surface area contributed by atoms with E-state index in [-0.39, 0.29) is 23.4 Å². The Morgan fingerprint density at radius 1 is 1.43 bits per heavy atom. The van der Waals surface area contributed by atoms with Crippen LogP contribution in [0.1, 0.15) is 30.8 Å². The number of nitrogens with one attached hydrogen (secondary N) is 1. The summed E-state index contributed by atoms with van der Waals surface area (Å²) in [7, 11) is 0. The van der Waals surface area contributed by atoms with Crippen molar-refractivity contribution in [3.8, 4) is 0 Å². The quantitative estimate of drug-likeness (QED) is 0.931. The SMILES string of the molecule is Cc1cc(C)n([C@H](C)CC(=O)Nc2ccc(F)cc2Cl)n1. The first-order chi connectivity index (χ1) is 9.86. The molecule has 0 saturated heterocycles. The van der Waals surface area contributed by atoms with Crippen molar-refractivity contribution in [3.63, 3.8) is 0 Å². The van der Waals surface area contributed by atoms with Crippen molar-refractivity contribution in [2.45, 2.75) is 33.2 Å². The van der Waals surface area contributed by atoms with Crippen LogP contribution >= 0.6 is 11.6 Å². The summed E-state index contributed by atoms with van der Waals surface area (Å²) >= 11 is 5.88. The van der Waals surface area contributed by atoms with E-state index in [1.807, 2.05) is 31.5 Å². The molecule has 0 spiro atoms. The number of hydrogen-bond acceptors (Lipinski definition) is 2. The molecule has 4 nitrogen and oxygen atoms in total. The van der Waals surface area contributed by atoms with Gasteiger partial charge >= 0.3 is 0 Å². The van der Waals surface area contributed by atoms with Crippen LogP contribution in [0.25, 0.3) is 0 Å². The van der Waals surface area contributed by atoms with E-state index >= 15 is 0 Å². The van der Waals surface area contributed by atoms with Gasteiger partial charge in [0.2, 0.25) is 5.91 Å². The van der Waals surface area contributed by atoms with Crippen LogP contribution in [0, 0.1) is 19.7 Å². The van der Waals surface area contributed by atoms with Crippen LogP contribution < -0.4 is 5.32 Å². The molecular formula is C15H17ClFN3O. The lowest BCUT2D eigenvalue weighted by molar-refractivity contribution is -0.116. The molecule has 1 atom stereocenters. The zero-order valence-electron chi connectivity index (χ0n) is 12.2. The van der Waals surface area contributed by atoms with Crippen LogP contribution in [0.4, 0.5) is 10.1 Å². The lowest BCUT2D eigenvalue weighted by Crippen LogP contribution is -2.19. The van der Waals surface area contributed by atoms with Gasteiger partial charge in [-0.15, -0.1) is 0 Å². The highest BCUT2D eigenvalue weighted by molar-refractivity contribution is 6.33. The lowest BCUT2D eigenvalue weighted by Gasteiger charge is -2.14. The number of rotatable bonds is 4. The molecule has 6 heteroatoms. The van der Waals surface area contributed by atoms with Crippen LogP contribution in [0.5, 0.6) is 0 Å². The topological polar surface area (TPSA) is 46.9 Å². The van der Waals surface area contributed by atoms with Crippen molar-refractivity contribution in [2.75, 3.05) is 5.32 Å². The highest BCUT2D eigenvalue weighted by Gasteiger charge is 2.15. The molecule has 2 rings (SSSR count). The molecule has 0 aliphatic heterocycles. The fourth-order valence-electron chi connectivity index (χ4n) is 2.24. The zero-order valence-corrected chi connectivity index (χ0v) is 12.9. The first-order valence-electron chi connectivity index (χ1n) is 6.64. The van der Waals surface area contributed by atoms with Crippen molar-refractivity contribution < 1.29 is 9.18 Å². The zero-order chi connectivity index (χ0) is 15.6. The van der Waals surface area contributed by atoms with Crippen molar-refractivity contribution in [1.29, 1.82) is 0 Å². The molecule has 0 radical (unpaired) electrons. The average molecular weight is 310 g/mol. The smallest absolute Gasteiger partial charge is 0.226 e. The summed E-state index contributed by atoms with van der Waals surface area (Å²) in [5.74, 6) is -0.627. The van der Waals surface area contributed by atoms with E-state index in [1.54, 1.807) is 0 Å². The molecule has 1 amide bonds. The maximum atomic E-state index is 13.0. The molecule has 1 heterocycles. The summed E-state index contributed by atoms with van der Waals surface area (Å²) in [5.41, 5.74) is 2.33. The number of aromatic nitrogens is 2. The summed E-state index contributed by atoms with van der Waals surface area (Å²) in [6, 6.07) is 5.76. The van der Waals surface area contributed by atoms with Gasteiger partial charge in [0, 0.05) is 12.1 Å². The average Bonchev–Trinajstić information content (AvgIpc) is 2.72. The number of benzene rings is 1. The summed E-state index contributed by atoms with van der Waals surface area (Å²) in [4.78, 5) is 12.0. The minimum atomic E-state index is -0.436. The van der Waals surface area contributed by atoms with Gasteiger partial charge in [-0.1, -0.05) is 11.6 Å². The highest BCUT2D eigenvalue weighted by Crippen LogP contribution is 2.23. The highest BCUT2D eigenvalue weighted by atomic mass is 35.5. The molecule has 0 aliphatic carbocycles. The Bertz CT molecular complexity index is 669. The number of anilines is 1. The van der Waals surface area contributed by atoms with Crippen LogP contribution in [0.2, 0.25) is 5.02 Å². The summed E-state index contributed by atoms with van der Waals surface area (Å²) < 4.78 is 14.8. The summed E-state index contributed by atoms with van der Waals surface area (Å²) in [6.07, 6.45) is 0.260. The van der Waals surface area contributed by atoms with Gasteiger partial charge in [-0.2, -0.15) is 5.10 Å². The molecule has 0 saturated carbocycles. The molecule has 1 N–H and O–H groups in total. The van der Waals surface area contributed by atoms with Gasteiger partial charge in [0.05, 0.1) is 22.4 Å². The van der Waals surface area contributed by atoms with Crippen LogP contribution in [-0.2, 0) is 4.79 Å². The van der Waals surface area contributed by atoms with Crippen molar-refractivity contribution in [2.24, 2.45) is 0 Å². The van der Waals surface area contributed by atoms with Crippen molar-refractivity contribution in [1.82, 2.24) is 9.78 Å². The Hall–Kier alpha value is -1.88. The molecular weight excluding hydrogens is 293 g/mol. The molecule has 0 fully saturated rings. The third kappa shape index (κ3) is 3.82. The Kier molecular flexibility index (Phi) is 4.63. The van der Waals surface area contributed by atoms with Gasteiger partial charge in [0.1, 0.15) is 5.82 Å². The third-order valence-corrected chi connectivity index (χ3v) is 3.46. The standard InChI is InChI=1S/C15H17ClFN3O/c1-9-6-10(2)20(19-9)11(3)7-15(21)18-14-5-4-12(17)8-13(14)16/h4-6,8,11H,7H2,1-3H3,(H,18,21)/t11-/m1/s1. The first-order valence-corrected chi connectivity index (χ1v) is 7.02. The van der Waals surface area contributed by atoms with Gasteiger partial charge in [0.15, 0.2) is 0 Å². The lowest BCUT2D eigenvalue weighted by atomic mass is 10.2. The largest absolute Gasteiger partial charge is 0.325 e. The molecule has 1 aromatic carbocycles. The van der Waals surface area contributed by atoms with Crippen LogP contribution in [-0.4, -0.2) is 15.7 Å². The number of nitrogens with zero attached hydrogens (tertiary/aromatic N) is 2. The van der Waals surface area contributed by atoms with E-state index in [1.165, 1.54) is 18.2 Å². The predicted molar refractivity (Wildman–Crippen MR) is 81.1 cm³/mol. The number of carbonyl (C=O) groups excluding carboxylic acids is 1. The molecule has 0 unspecified atom stereocenters. The maximum Gasteiger partial charge on any atom is 0.226 e. The number of aryl methyl sites for hydroxylation is 2. The molecule has 0 aliphatic rings. The molecule has 0 bridgehead atoms. The predicted octanol–water partition coefficient (Wildman–Crippen LogP) is 3.88. The fraction of sp³-hybridized carbons (Fsp3) is 0.333. The molecule has 1 aromatic heterocycles. The van der Waals surface area contributed by atoms with Gasteiger partial charge in [-0.05, 0) is 45.0 Å². The Balaban J connectivity index is 2.03. The summed E-state index contributed by atoms with van der Waals surface area (Å²) in [6.45, 7) is 5.78. The monoisotopic (exact) mass is 309 g/mol. The molecule has 2 aromatic rings. The van der Waals surface area contributed by atoms with E-state index < -0.39 is 5.82 Å². The van der Waals surface area contributed by atoms with Gasteiger partial charge in [-0.3, -0.25) is 9.48 Å². The van der Waals surface area contributed by atoms with E-state index in [0.717, 1.165) is 11.4 Å². The Labute approximate surface area is 127 Å². The second-order valence-electron chi connectivity index (χ2n) is 5.10. The molecule has 21 heavy (non-hydrogen) atoms. The van der Waals surface area contributed by atoms with E-state index in [4.69, 9.17) is 11.6 Å².